The van der Waals surface area contributed by atoms with Gasteiger partial charge < -0.3 is 10.2 Å². The van der Waals surface area contributed by atoms with Crippen molar-refractivity contribution in [3.63, 3.8) is 0 Å². The van der Waals surface area contributed by atoms with E-state index < -0.39 is 6.04 Å². The van der Waals surface area contributed by atoms with Crippen molar-refractivity contribution >= 4 is 46.8 Å². The average Bonchev–Trinajstić information content (AvgIpc) is 3.27. The Bertz CT molecular complexity index is 930. The Morgan fingerprint density at radius 1 is 1.12 bits per heavy atom. The van der Waals surface area contributed by atoms with Crippen molar-refractivity contribution in [1.29, 1.82) is 0 Å². The van der Waals surface area contributed by atoms with Crippen LogP contribution in [-0.4, -0.2) is 34.6 Å². The third kappa shape index (κ3) is 7.16. The first-order valence-electron chi connectivity index (χ1n) is 11.0. The van der Waals surface area contributed by atoms with Gasteiger partial charge in [0.2, 0.25) is 11.8 Å². The van der Waals surface area contributed by atoms with E-state index in [0.29, 0.717) is 22.3 Å². The number of nitrogens with zero attached hydrogens (tertiary/aromatic N) is 1. The van der Waals surface area contributed by atoms with Gasteiger partial charge in [0.1, 0.15) is 6.04 Å². The molecule has 1 N–H and O–H groups in total. The molecule has 1 saturated carbocycles. The third-order valence-corrected chi connectivity index (χ3v) is 7.39. The SMILES string of the molecule is Cc1ccc(CN(C(=O)CSCc2ccc(Cl)cc2Cl)[C@@H](C)C(=O)NC2CCCC2)cc1. The van der Waals surface area contributed by atoms with Crippen LogP contribution in [0.5, 0.6) is 0 Å². The monoisotopic (exact) mass is 492 g/mol. The number of hydrogen-bond donors (Lipinski definition) is 1. The Balaban J connectivity index is 1.66. The molecule has 0 spiro atoms. The maximum atomic E-state index is 13.2. The average molecular weight is 494 g/mol. The molecule has 2 amide bonds. The number of amides is 2. The summed E-state index contributed by atoms with van der Waals surface area (Å²) >= 11 is 13.7. The van der Waals surface area contributed by atoms with Crippen LogP contribution in [0.25, 0.3) is 0 Å². The van der Waals surface area contributed by atoms with Crippen LogP contribution in [0.4, 0.5) is 0 Å². The van der Waals surface area contributed by atoms with Crippen molar-refractivity contribution in [3.05, 3.63) is 69.2 Å². The molecule has 0 saturated heterocycles. The van der Waals surface area contributed by atoms with E-state index in [1.807, 2.05) is 44.2 Å². The maximum Gasteiger partial charge on any atom is 0.242 e. The quantitative estimate of drug-likeness (QED) is 0.466. The Morgan fingerprint density at radius 3 is 2.47 bits per heavy atom. The number of aryl methyl sites for hydroxylation is 1. The molecule has 0 bridgehead atoms. The number of carbonyl (C=O) groups excluding carboxylic acids is 2. The van der Waals surface area contributed by atoms with Crippen LogP contribution in [0.15, 0.2) is 42.5 Å². The van der Waals surface area contributed by atoms with Crippen molar-refractivity contribution in [2.75, 3.05) is 5.75 Å². The summed E-state index contributed by atoms with van der Waals surface area (Å²) in [5, 5.41) is 4.32. The molecule has 1 aliphatic carbocycles. The molecule has 3 rings (SSSR count). The summed E-state index contributed by atoms with van der Waals surface area (Å²) in [4.78, 5) is 27.8. The fourth-order valence-corrected chi connectivity index (χ4v) is 5.30. The fourth-order valence-electron chi connectivity index (χ4n) is 3.83. The molecule has 1 atom stereocenters. The lowest BCUT2D eigenvalue weighted by atomic mass is 10.1. The van der Waals surface area contributed by atoms with Crippen LogP contribution in [0.1, 0.15) is 49.3 Å². The van der Waals surface area contributed by atoms with E-state index in [2.05, 4.69) is 5.32 Å². The normalized spacial score (nSPS) is 14.9. The standard InChI is InChI=1S/C25H30Cl2N2O2S/c1-17-7-9-19(10-8-17)14-29(18(2)25(31)28-22-5-3-4-6-22)24(30)16-32-15-20-11-12-21(26)13-23(20)27/h7-13,18,22H,3-6,14-16H2,1-2H3,(H,28,31)/t18-/m0/s1. The molecular formula is C25H30Cl2N2O2S. The second-order valence-electron chi connectivity index (χ2n) is 8.40. The van der Waals surface area contributed by atoms with Crippen molar-refractivity contribution < 1.29 is 9.59 Å². The minimum Gasteiger partial charge on any atom is -0.352 e. The molecule has 0 aromatic heterocycles. The molecule has 172 valence electrons. The van der Waals surface area contributed by atoms with Gasteiger partial charge >= 0.3 is 0 Å². The summed E-state index contributed by atoms with van der Waals surface area (Å²) in [5.74, 6) is 0.729. The van der Waals surface area contributed by atoms with E-state index in [1.54, 1.807) is 17.0 Å². The molecule has 32 heavy (non-hydrogen) atoms. The minimum atomic E-state index is -0.538. The largest absolute Gasteiger partial charge is 0.352 e. The lowest BCUT2D eigenvalue weighted by Gasteiger charge is -2.29. The zero-order valence-corrected chi connectivity index (χ0v) is 20.9. The molecule has 0 heterocycles. The highest BCUT2D eigenvalue weighted by molar-refractivity contribution is 7.99. The Morgan fingerprint density at radius 2 is 1.81 bits per heavy atom. The zero-order valence-electron chi connectivity index (χ0n) is 18.6. The van der Waals surface area contributed by atoms with E-state index in [1.165, 1.54) is 11.8 Å². The second-order valence-corrected chi connectivity index (χ2v) is 10.2. The topological polar surface area (TPSA) is 49.4 Å². The number of carbonyl (C=O) groups is 2. The predicted molar refractivity (Wildman–Crippen MR) is 134 cm³/mol. The Kier molecular flexibility index (Phi) is 9.33. The zero-order chi connectivity index (χ0) is 23.1. The summed E-state index contributed by atoms with van der Waals surface area (Å²) in [6.07, 6.45) is 4.33. The fraction of sp³-hybridized carbons (Fsp3) is 0.440. The number of benzene rings is 2. The molecule has 0 aliphatic heterocycles. The van der Waals surface area contributed by atoms with Crippen LogP contribution in [0.2, 0.25) is 10.0 Å². The highest BCUT2D eigenvalue weighted by atomic mass is 35.5. The molecule has 1 fully saturated rings. The van der Waals surface area contributed by atoms with Crippen LogP contribution < -0.4 is 5.32 Å². The lowest BCUT2D eigenvalue weighted by Crippen LogP contribution is -2.50. The summed E-state index contributed by atoms with van der Waals surface area (Å²) < 4.78 is 0. The van der Waals surface area contributed by atoms with Crippen LogP contribution in [-0.2, 0) is 21.9 Å². The van der Waals surface area contributed by atoms with Gasteiger partial charge in [0.25, 0.3) is 0 Å². The summed E-state index contributed by atoms with van der Waals surface area (Å²) in [5.41, 5.74) is 3.11. The maximum absolute atomic E-state index is 13.2. The number of hydrogen-bond acceptors (Lipinski definition) is 3. The van der Waals surface area contributed by atoms with Gasteiger partial charge in [0.15, 0.2) is 0 Å². The first-order valence-corrected chi connectivity index (χ1v) is 12.9. The molecule has 7 heteroatoms. The third-order valence-electron chi connectivity index (χ3n) is 5.84. The van der Waals surface area contributed by atoms with Gasteiger partial charge in [0.05, 0.1) is 5.75 Å². The Hall–Kier alpha value is -1.69. The van der Waals surface area contributed by atoms with E-state index >= 15 is 0 Å². The van der Waals surface area contributed by atoms with Gasteiger partial charge in [0, 0.05) is 28.4 Å². The number of thioether (sulfide) groups is 1. The van der Waals surface area contributed by atoms with Crippen molar-refractivity contribution in [3.8, 4) is 0 Å². The first-order chi connectivity index (χ1) is 15.3. The van der Waals surface area contributed by atoms with E-state index in [9.17, 15) is 9.59 Å². The lowest BCUT2D eigenvalue weighted by molar-refractivity contribution is -0.138. The molecule has 2 aromatic carbocycles. The molecule has 1 aliphatic rings. The summed E-state index contributed by atoms with van der Waals surface area (Å²) in [6.45, 7) is 4.25. The molecular weight excluding hydrogens is 463 g/mol. The predicted octanol–water partition coefficient (Wildman–Crippen LogP) is 6.01. The molecule has 0 radical (unpaired) electrons. The van der Waals surface area contributed by atoms with Gasteiger partial charge in [-0.05, 0) is 49.9 Å². The van der Waals surface area contributed by atoms with E-state index in [-0.39, 0.29) is 23.6 Å². The van der Waals surface area contributed by atoms with Crippen molar-refractivity contribution in [2.45, 2.75) is 63.9 Å². The first kappa shape index (κ1) is 24.9. The molecule has 0 unspecified atom stereocenters. The van der Waals surface area contributed by atoms with Gasteiger partial charge in [-0.25, -0.2) is 0 Å². The van der Waals surface area contributed by atoms with Gasteiger partial charge in [-0.15, -0.1) is 11.8 Å². The van der Waals surface area contributed by atoms with Gasteiger partial charge in [-0.1, -0.05) is 71.9 Å². The van der Waals surface area contributed by atoms with Crippen LogP contribution >= 0.6 is 35.0 Å². The van der Waals surface area contributed by atoms with Crippen LogP contribution in [0, 0.1) is 6.92 Å². The summed E-state index contributed by atoms with van der Waals surface area (Å²) in [7, 11) is 0. The highest BCUT2D eigenvalue weighted by Crippen LogP contribution is 2.25. The van der Waals surface area contributed by atoms with E-state index in [0.717, 1.165) is 42.4 Å². The number of nitrogens with one attached hydrogen (secondary N) is 1. The minimum absolute atomic E-state index is 0.0604. The highest BCUT2D eigenvalue weighted by Gasteiger charge is 2.28. The number of rotatable bonds is 9. The van der Waals surface area contributed by atoms with Crippen molar-refractivity contribution in [1.82, 2.24) is 10.2 Å². The number of halogens is 2. The van der Waals surface area contributed by atoms with E-state index in [4.69, 9.17) is 23.2 Å². The van der Waals surface area contributed by atoms with Crippen molar-refractivity contribution in [2.24, 2.45) is 0 Å². The van der Waals surface area contributed by atoms with Crippen LogP contribution in [0.3, 0.4) is 0 Å². The second kappa shape index (κ2) is 12.0. The molecule has 4 nitrogen and oxygen atoms in total. The van der Waals surface area contributed by atoms with Gasteiger partial charge in [-0.2, -0.15) is 0 Å². The van der Waals surface area contributed by atoms with Gasteiger partial charge in [-0.3, -0.25) is 9.59 Å². The molecule has 2 aromatic rings. The summed E-state index contributed by atoms with van der Waals surface area (Å²) in [6, 6.07) is 13.1. The Labute approximate surface area is 205 Å². The smallest absolute Gasteiger partial charge is 0.242 e.